The highest BCUT2D eigenvalue weighted by Gasteiger charge is 2.13. The molecule has 0 radical (unpaired) electrons. The van der Waals surface area contributed by atoms with E-state index in [0.29, 0.717) is 22.6 Å². The lowest BCUT2D eigenvalue weighted by molar-refractivity contribution is 0.254. The molecule has 1 unspecified atom stereocenters. The van der Waals surface area contributed by atoms with Gasteiger partial charge in [0.2, 0.25) is 0 Å². The Morgan fingerprint density at radius 3 is 2.58 bits per heavy atom. The van der Waals surface area contributed by atoms with Crippen molar-refractivity contribution in [2.24, 2.45) is 0 Å². The van der Waals surface area contributed by atoms with Crippen LogP contribution in [0.2, 0.25) is 5.02 Å². The second-order valence-electron chi connectivity index (χ2n) is 4.70. The second-order valence-corrected chi connectivity index (χ2v) is 5.11. The number of nitrogens with one attached hydrogen (secondary N) is 1. The van der Waals surface area contributed by atoms with E-state index < -0.39 is 0 Å². The number of hydrogen-bond acceptors (Lipinski definition) is 3. The lowest BCUT2D eigenvalue weighted by Gasteiger charge is -2.17. The summed E-state index contributed by atoms with van der Waals surface area (Å²) in [6.07, 6.45) is 1.59. The van der Waals surface area contributed by atoms with Crippen molar-refractivity contribution in [2.45, 2.75) is 39.5 Å². The van der Waals surface area contributed by atoms with Crippen LogP contribution in [0.25, 0.3) is 0 Å². The first kappa shape index (κ1) is 15.9. The van der Waals surface area contributed by atoms with Crippen molar-refractivity contribution in [2.75, 3.05) is 7.11 Å². The Kier molecular flexibility index (Phi) is 6.19. The smallest absolute Gasteiger partial charge is 0.180 e. The fraction of sp³-hybridized carbons (Fsp3) is 0.467. The maximum absolute atomic E-state index is 6.26. The quantitative estimate of drug-likeness (QED) is 0.772. The largest absolute Gasteiger partial charge is 0.493 e. The molecule has 1 aromatic carbocycles. The van der Waals surface area contributed by atoms with Gasteiger partial charge < -0.3 is 14.8 Å². The van der Waals surface area contributed by atoms with Gasteiger partial charge in [0.15, 0.2) is 11.5 Å². The minimum atomic E-state index is -0.119. The van der Waals surface area contributed by atoms with Gasteiger partial charge in [-0.3, -0.25) is 0 Å². The standard InChI is InChI=1S/C15H22ClNO2/c1-6-11(4)19-15-13(16)7-12(8-14(15)18-5)9-17-10(2)3/h6-8,10-11,17H,1,9H2,2-5H3. The summed E-state index contributed by atoms with van der Waals surface area (Å²) >= 11 is 6.26. The van der Waals surface area contributed by atoms with Crippen LogP contribution < -0.4 is 14.8 Å². The van der Waals surface area contributed by atoms with Gasteiger partial charge in [0.25, 0.3) is 0 Å². The van der Waals surface area contributed by atoms with Crippen molar-refractivity contribution < 1.29 is 9.47 Å². The fourth-order valence-corrected chi connectivity index (χ4v) is 1.82. The summed E-state index contributed by atoms with van der Waals surface area (Å²) < 4.78 is 11.0. The molecule has 4 heteroatoms. The van der Waals surface area contributed by atoms with Crippen molar-refractivity contribution in [3.8, 4) is 11.5 Å². The van der Waals surface area contributed by atoms with Crippen LogP contribution in [-0.2, 0) is 6.54 Å². The van der Waals surface area contributed by atoms with E-state index in [1.807, 2.05) is 19.1 Å². The lowest BCUT2D eigenvalue weighted by atomic mass is 10.2. The van der Waals surface area contributed by atoms with Gasteiger partial charge in [0, 0.05) is 12.6 Å². The van der Waals surface area contributed by atoms with Gasteiger partial charge in [0.05, 0.1) is 12.1 Å². The Labute approximate surface area is 120 Å². The average molecular weight is 284 g/mol. The molecule has 19 heavy (non-hydrogen) atoms. The summed E-state index contributed by atoms with van der Waals surface area (Å²) in [6.45, 7) is 10.5. The van der Waals surface area contributed by atoms with Crippen LogP contribution in [0.3, 0.4) is 0 Å². The van der Waals surface area contributed by atoms with Crippen molar-refractivity contribution in [1.29, 1.82) is 0 Å². The highest BCUT2D eigenvalue weighted by atomic mass is 35.5. The fourth-order valence-electron chi connectivity index (χ4n) is 1.55. The van der Waals surface area contributed by atoms with E-state index in [1.165, 1.54) is 0 Å². The molecule has 0 saturated carbocycles. The number of halogens is 1. The lowest BCUT2D eigenvalue weighted by Crippen LogP contribution is -2.21. The third kappa shape index (κ3) is 4.77. The van der Waals surface area contributed by atoms with Gasteiger partial charge in [0.1, 0.15) is 6.10 Å². The first-order chi connectivity index (χ1) is 8.97. The topological polar surface area (TPSA) is 30.5 Å². The zero-order chi connectivity index (χ0) is 14.4. The molecule has 3 nitrogen and oxygen atoms in total. The molecule has 0 spiro atoms. The molecule has 0 heterocycles. The molecule has 0 amide bonds. The molecule has 1 atom stereocenters. The molecule has 0 aliphatic heterocycles. The van der Waals surface area contributed by atoms with Gasteiger partial charge in [-0.15, -0.1) is 0 Å². The Morgan fingerprint density at radius 2 is 2.05 bits per heavy atom. The highest BCUT2D eigenvalue weighted by molar-refractivity contribution is 6.32. The Hall–Kier alpha value is -1.19. The van der Waals surface area contributed by atoms with Crippen LogP contribution in [0.15, 0.2) is 24.8 Å². The molecular weight excluding hydrogens is 262 g/mol. The first-order valence-electron chi connectivity index (χ1n) is 6.37. The van der Waals surface area contributed by atoms with E-state index in [2.05, 4.69) is 25.7 Å². The average Bonchev–Trinajstić information content (AvgIpc) is 2.38. The Morgan fingerprint density at radius 1 is 1.37 bits per heavy atom. The molecule has 0 saturated heterocycles. The Bertz CT molecular complexity index is 432. The molecule has 1 aromatic rings. The molecule has 0 fully saturated rings. The minimum Gasteiger partial charge on any atom is -0.493 e. The molecular formula is C15H22ClNO2. The number of ether oxygens (including phenoxy) is 2. The van der Waals surface area contributed by atoms with Crippen molar-refractivity contribution in [1.82, 2.24) is 5.32 Å². The van der Waals surface area contributed by atoms with Gasteiger partial charge in [-0.05, 0) is 24.6 Å². The van der Waals surface area contributed by atoms with Crippen LogP contribution in [0.4, 0.5) is 0 Å². The molecule has 0 bridgehead atoms. The van der Waals surface area contributed by atoms with E-state index in [9.17, 15) is 0 Å². The molecule has 1 N–H and O–H groups in total. The summed E-state index contributed by atoms with van der Waals surface area (Å²) in [5, 5.41) is 3.89. The third-order valence-corrected chi connectivity index (χ3v) is 2.92. The van der Waals surface area contributed by atoms with E-state index >= 15 is 0 Å². The van der Waals surface area contributed by atoms with E-state index in [-0.39, 0.29) is 6.10 Å². The minimum absolute atomic E-state index is 0.119. The van der Waals surface area contributed by atoms with Gasteiger partial charge in [-0.1, -0.05) is 38.1 Å². The summed E-state index contributed by atoms with van der Waals surface area (Å²) in [5.41, 5.74) is 1.06. The summed E-state index contributed by atoms with van der Waals surface area (Å²) in [4.78, 5) is 0. The zero-order valence-corrected chi connectivity index (χ0v) is 12.8. The molecule has 0 aliphatic rings. The molecule has 106 valence electrons. The highest BCUT2D eigenvalue weighted by Crippen LogP contribution is 2.37. The predicted octanol–water partition coefficient (Wildman–Crippen LogP) is 3.80. The van der Waals surface area contributed by atoms with Crippen LogP contribution in [0.5, 0.6) is 11.5 Å². The first-order valence-corrected chi connectivity index (χ1v) is 6.74. The third-order valence-electron chi connectivity index (χ3n) is 2.64. The molecule has 0 aromatic heterocycles. The number of benzene rings is 1. The van der Waals surface area contributed by atoms with Crippen LogP contribution in [-0.4, -0.2) is 19.3 Å². The summed E-state index contributed by atoms with van der Waals surface area (Å²) in [7, 11) is 1.61. The summed E-state index contributed by atoms with van der Waals surface area (Å²) in [5.74, 6) is 1.20. The predicted molar refractivity (Wildman–Crippen MR) is 80.3 cm³/mol. The van der Waals surface area contributed by atoms with Crippen molar-refractivity contribution in [3.63, 3.8) is 0 Å². The molecule has 1 rings (SSSR count). The number of methoxy groups -OCH3 is 1. The van der Waals surface area contributed by atoms with Gasteiger partial charge in [-0.25, -0.2) is 0 Å². The van der Waals surface area contributed by atoms with Gasteiger partial charge in [-0.2, -0.15) is 0 Å². The SMILES string of the molecule is C=CC(C)Oc1c(Cl)cc(CNC(C)C)cc1OC. The second kappa shape index (κ2) is 7.41. The maximum atomic E-state index is 6.26. The zero-order valence-electron chi connectivity index (χ0n) is 12.0. The van der Waals surface area contributed by atoms with Crippen LogP contribution in [0, 0.1) is 0 Å². The maximum Gasteiger partial charge on any atom is 0.180 e. The van der Waals surface area contributed by atoms with Crippen LogP contribution in [0.1, 0.15) is 26.3 Å². The number of rotatable bonds is 7. The monoisotopic (exact) mass is 283 g/mol. The Balaban J connectivity index is 2.97. The van der Waals surface area contributed by atoms with Crippen molar-refractivity contribution in [3.05, 3.63) is 35.4 Å². The van der Waals surface area contributed by atoms with Gasteiger partial charge >= 0.3 is 0 Å². The molecule has 0 aliphatic carbocycles. The number of hydrogen-bond donors (Lipinski definition) is 1. The van der Waals surface area contributed by atoms with Crippen molar-refractivity contribution >= 4 is 11.6 Å². The van der Waals surface area contributed by atoms with E-state index in [1.54, 1.807) is 13.2 Å². The van der Waals surface area contributed by atoms with E-state index in [0.717, 1.165) is 12.1 Å². The van der Waals surface area contributed by atoms with Crippen LogP contribution >= 0.6 is 11.6 Å². The summed E-state index contributed by atoms with van der Waals surface area (Å²) in [6, 6.07) is 4.25. The van der Waals surface area contributed by atoms with E-state index in [4.69, 9.17) is 21.1 Å². The normalized spacial score (nSPS) is 12.3.